The van der Waals surface area contributed by atoms with Gasteiger partial charge in [-0.3, -0.25) is 9.48 Å². The molecule has 7 nitrogen and oxygen atoms in total. The van der Waals surface area contributed by atoms with Crippen LogP contribution >= 0.6 is 11.6 Å². The molecule has 0 fully saturated rings. The van der Waals surface area contributed by atoms with Gasteiger partial charge in [0, 0.05) is 38.6 Å². The van der Waals surface area contributed by atoms with Crippen LogP contribution in [0, 0.1) is 0 Å². The van der Waals surface area contributed by atoms with Crippen molar-refractivity contribution >= 4 is 29.0 Å². The molecule has 0 saturated carbocycles. The molecule has 0 spiro atoms. The monoisotopic (exact) mass is 338 g/mol. The van der Waals surface area contributed by atoms with Gasteiger partial charge in [0.15, 0.2) is 5.82 Å². The summed E-state index contributed by atoms with van der Waals surface area (Å²) < 4.78 is 11.9. The number of hydrogen-bond acceptors (Lipinski definition) is 5. The lowest BCUT2D eigenvalue weighted by atomic mass is 10.1. The van der Waals surface area contributed by atoms with Crippen molar-refractivity contribution in [1.29, 1.82) is 0 Å². The molecule has 1 aromatic carbocycles. The molecule has 0 radical (unpaired) electrons. The summed E-state index contributed by atoms with van der Waals surface area (Å²) in [6.07, 6.45) is 2.63. The van der Waals surface area contributed by atoms with Gasteiger partial charge in [0.25, 0.3) is 5.91 Å². The van der Waals surface area contributed by atoms with E-state index in [1.807, 2.05) is 0 Å². The summed E-state index contributed by atoms with van der Waals surface area (Å²) in [7, 11) is 3.11. The largest absolute Gasteiger partial charge is 0.496 e. The number of aromatic nitrogens is 2. The predicted molar refractivity (Wildman–Crippen MR) is 89.1 cm³/mol. The topological polar surface area (TPSA) is 91.4 Å². The maximum Gasteiger partial charge on any atom is 0.260 e. The van der Waals surface area contributed by atoms with E-state index in [4.69, 9.17) is 26.8 Å². The summed E-state index contributed by atoms with van der Waals surface area (Å²) in [5.41, 5.74) is 6.35. The third-order valence-corrected chi connectivity index (χ3v) is 3.51. The summed E-state index contributed by atoms with van der Waals surface area (Å²) in [5.74, 6) is 0.428. The first kappa shape index (κ1) is 17.1. The lowest BCUT2D eigenvalue weighted by Crippen LogP contribution is -2.14. The Kier molecular flexibility index (Phi) is 5.84. The van der Waals surface area contributed by atoms with Crippen LogP contribution in [0.1, 0.15) is 16.8 Å². The average molecular weight is 339 g/mol. The summed E-state index contributed by atoms with van der Waals surface area (Å²) in [6, 6.07) is 4.71. The number of carbonyl (C=O) groups excluding carboxylic acids is 1. The maximum atomic E-state index is 12.4. The fraction of sp³-hybridized carbons (Fsp3) is 0.333. The number of aryl methyl sites for hydroxylation is 1. The van der Waals surface area contributed by atoms with Crippen LogP contribution in [0.2, 0.25) is 5.02 Å². The minimum atomic E-state index is -0.370. The Hall–Kier alpha value is -2.25. The number of amides is 1. The van der Waals surface area contributed by atoms with Crippen LogP contribution in [-0.2, 0) is 11.3 Å². The highest BCUT2D eigenvalue weighted by Crippen LogP contribution is 2.29. The van der Waals surface area contributed by atoms with Crippen LogP contribution in [0.5, 0.6) is 5.75 Å². The third kappa shape index (κ3) is 4.37. The molecule has 0 aliphatic heterocycles. The van der Waals surface area contributed by atoms with E-state index < -0.39 is 0 Å². The zero-order valence-electron chi connectivity index (χ0n) is 13.0. The van der Waals surface area contributed by atoms with Crippen molar-refractivity contribution in [2.75, 3.05) is 31.9 Å². The Morgan fingerprint density at radius 2 is 2.22 bits per heavy atom. The lowest BCUT2D eigenvalue weighted by Gasteiger charge is -2.10. The smallest absolute Gasteiger partial charge is 0.260 e. The van der Waals surface area contributed by atoms with Gasteiger partial charge in [-0.15, -0.1) is 0 Å². The molecule has 0 atom stereocenters. The van der Waals surface area contributed by atoms with E-state index in [-0.39, 0.29) is 5.91 Å². The van der Waals surface area contributed by atoms with Crippen molar-refractivity contribution in [3.05, 3.63) is 35.0 Å². The molecule has 1 aromatic heterocycles. The molecular weight excluding hydrogens is 320 g/mol. The second-order valence-electron chi connectivity index (χ2n) is 4.84. The fourth-order valence-electron chi connectivity index (χ4n) is 2.02. The molecule has 0 aliphatic rings. The molecule has 2 aromatic rings. The number of hydrogen-bond donors (Lipinski definition) is 2. The Bertz CT molecular complexity index is 687. The summed E-state index contributed by atoms with van der Waals surface area (Å²) in [6.45, 7) is 1.36. The lowest BCUT2D eigenvalue weighted by molar-refractivity contribution is 0.102. The van der Waals surface area contributed by atoms with Gasteiger partial charge in [0.05, 0.1) is 23.4 Å². The van der Waals surface area contributed by atoms with Crippen molar-refractivity contribution in [2.24, 2.45) is 0 Å². The van der Waals surface area contributed by atoms with E-state index >= 15 is 0 Å². The Morgan fingerprint density at radius 1 is 1.43 bits per heavy atom. The van der Waals surface area contributed by atoms with Gasteiger partial charge in [-0.2, -0.15) is 5.10 Å². The van der Waals surface area contributed by atoms with Gasteiger partial charge < -0.3 is 20.5 Å². The molecule has 3 N–H and O–H groups in total. The summed E-state index contributed by atoms with van der Waals surface area (Å²) >= 11 is 5.97. The number of nitrogen functional groups attached to an aromatic ring is 1. The minimum absolute atomic E-state index is 0.292. The van der Waals surface area contributed by atoms with Gasteiger partial charge >= 0.3 is 0 Å². The Morgan fingerprint density at radius 3 is 2.91 bits per heavy atom. The van der Waals surface area contributed by atoms with Gasteiger partial charge in [0.1, 0.15) is 5.75 Å². The van der Waals surface area contributed by atoms with Crippen molar-refractivity contribution in [3.8, 4) is 5.75 Å². The zero-order valence-corrected chi connectivity index (χ0v) is 13.8. The molecule has 8 heteroatoms. The van der Waals surface area contributed by atoms with Crippen molar-refractivity contribution in [3.63, 3.8) is 0 Å². The number of halogens is 1. The number of rotatable bonds is 7. The molecular formula is C15H19ClN4O3. The molecule has 1 amide bonds. The normalized spacial score (nSPS) is 10.6. The number of nitrogens with two attached hydrogens (primary N) is 1. The fourth-order valence-corrected chi connectivity index (χ4v) is 2.19. The number of nitrogens with zero attached hydrogens (tertiary/aromatic N) is 2. The van der Waals surface area contributed by atoms with Gasteiger partial charge in [-0.05, 0) is 12.5 Å². The van der Waals surface area contributed by atoms with E-state index in [1.54, 1.807) is 24.1 Å². The molecule has 0 unspecified atom stereocenters. The Balaban J connectivity index is 2.09. The van der Waals surface area contributed by atoms with Gasteiger partial charge in [-0.25, -0.2) is 0 Å². The molecule has 0 aliphatic carbocycles. The molecule has 124 valence electrons. The van der Waals surface area contributed by atoms with Crippen molar-refractivity contribution < 1.29 is 14.3 Å². The quantitative estimate of drug-likeness (QED) is 0.597. The Labute approximate surface area is 139 Å². The number of benzene rings is 1. The number of anilines is 2. The molecule has 0 bridgehead atoms. The van der Waals surface area contributed by atoms with Crippen molar-refractivity contribution in [2.45, 2.75) is 13.0 Å². The van der Waals surface area contributed by atoms with Crippen LogP contribution < -0.4 is 15.8 Å². The second-order valence-corrected chi connectivity index (χ2v) is 5.25. The van der Waals surface area contributed by atoms with E-state index in [2.05, 4.69) is 10.4 Å². The number of carbonyl (C=O) groups is 1. The highest BCUT2D eigenvalue weighted by atomic mass is 35.5. The van der Waals surface area contributed by atoms with Crippen LogP contribution in [-0.4, -0.2) is 36.5 Å². The van der Waals surface area contributed by atoms with Crippen LogP contribution in [0.25, 0.3) is 0 Å². The number of nitrogens with one attached hydrogen (secondary N) is 1. The second kappa shape index (κ2) is 7.85. The molecule has 1 heterocycles. The van der Waals surface area contributed by atoms with Crippen LogP contribution in [0.3, 0.4) is 0 Å². The first-order chi connectivity index (χ1) is 11.0. The van der Waals surface area contributed by atoms with Gasteiger partial charge in [-0.1, -0.05) is 11.6 Å². The van der Waals surface area contributed by atoms with E-state index in [0.717, 1.165) is 6.42 Å². The van der Waals surface area contributed by atoms with Crippen LogP contribution in [0.15, 0.2) is 24.4 Å². The molecule has 0 saturated heterocycles. The standard InChI is InChI=1S/C15H19ClN4O3/c1-22-7-3-5-20-6-4-14(19-20)18-15(21)10-8-11(16)12(17)9-13(10)23-2/h4,6,8-9H,3,5,7,17H2,1-2H3,(H,18,19,21). The highest BCUT2D eigenvalue weighted by Gasteiger charge is 2.16. The number of methoxy groups -OCH3 is 2. The third-order valence-electron chi connectivity index (χ3n) is 3.18. The van der Waals surface area contributed by atoms with Crippen molar-refractivity contribution in [1.82, 2.24) is 9.78 Å². The summed E-state index contributed by atoms with van der Waals surface area (Å²) in [4.78, 5) is 12.4. The highest BCUT2D eigenvalue weighted by molar-refractivity contribution is 6.33. The van der Waals surface area contributed by atoms with E-state index in [0.29, 0.717) is 41.0 Å². The zero-order chi connectivity index (χ0) is 16.8. The predicted octanol–water partition coefficient (Wildman–Crippen LogP) is 2.42. The average Bonchev–Trinajstić information content (AvgIpc) is 2.97. The van der Waals surface area contributed by atoms with Crippen LogP contribution in [0.4, 0.5) is 11.5 Å². The first-order valence-electron chi connectivity index (χ1n) is 7.02. The first-order valence-corrected chi connectivity index (χ1v) is 7.39. The summed E-state index contributed by atoms with van der Waals surface area (Å²) in [5, 5.41) is 7.28. The molecule has 2 rings (SSSR count). The van der Waals surface area contributed by atoms with E-state index in [1.165, 1.54) is 19.2 Å². The SMILES string of the molecule is COCCCn1ccc(NC(=O)c2cc(Cl)c(N)cc2OC)n1. The minimum Gasteiger partial charge on any atom is -0.496 e. The van der Waals surface area contributed by atoms with Gasteiger partial charge in [0.2, 0.25) is 0 Å². The molecule has 23 heavy (non-hydrogen) atoms. The number of ether oxygens (including phenoxy) is 2. The van der Waals surface area contributed by atoms with E-state index in [9.17, 15) is 4.79 Å². The maximum absolute atomic E-state index is 12.4.